The van der Waals surface area contributed by atoms with E-state index in [1.54, 1.807) is 6.26 Å². The zero-order chi connectivity index (χ0) is 5.11. The van der Waals surface area contributed by atoms with Gasteiger partial charge in [-0.2, -0.15) is 6.61 Å². The molecule has 49 valence electrons. The minimum atomic E-state index is 0. The number of rotatable bonds is 0. The molecule has 1 aliphatic heterocycles. The van der Waals surface area contributed by atoms with Crippen LogP contribution in [-0.4, -0.2) is 0 Å². The third kappa shape index (κ3) is 8.94. The van der Waals surface area contributed by atoms with Crippen LogP contribution in [0.3, 0.4) is 0 Å². The summed E-state index contributed by atoms with van der Waals surface area (Å²) in [5.41, 5.74) is 1.34. The van der Waals surface area contributed by atoms with Crippen molar-refractivity contribution in [1.82, 2.24) is 0 Å². The van der Waals surface area contributed by atoms with Crippen molar-refractivity contribution in [2.24, 2.45) is 0 Å². The molecule has 0 spiro atoms. The Morgan fingerprint density at radius 3 is 2.20 bits per heavy atom. The third-order valence-electron chi connectivity index (χ3n) is 1.02. The molecule has 0 unspecified atom stereocenters. The summed E-state index contributed by atoms with van der Waals surface area (Å²) in [7, 11) is 0. The smallest absolute Gasteiger partial charge is 0.0449 e. The fraction of sp³-hybridized carbons (Fsp3) is 0.500. The van der Waals surface area contributed by atoms with Gasteiger partial charge in [0.2, 0.25) is 0 Å². The van der Waals surface area contributed by atoms with Gasteiger partial charge in [-0.05, 0) is 12.5 Å². The van der Waals surface area contributed by atoms with E-state index in [1.807, 2.05) is 6.61 Å². The maximum Gasteiger partial charge on any atom is 0.0449 e. The summed E-state index contributed by atoms with van der Waals surface area (Å²) in [5, 5.41) is 0. The monoisotopic (exact) mass is 364 g/mol. The molecular formula is C6H9OY3-. The van der Waals surface area contributed by atoms with E-state index in [1.165, 1.54) is 12.0 Å². The van der Waals surface area contributed by atoms with Crippen molar-refractivity contribution in [2.75, 3.05) is 0 Å². The molecule has 0 N–H and O–H groups in total. The predicted octanol–water partition coefficient (Wildman–Crippen LogP) is 1.85. The van der Waals surface area contributed by atoms with Crippen molar-refractivity contribution >= 4 is 0 Å². The maximum absolute atomic E-state index is 4.89. The molecule has 4 heteroatoms. The van der Waals surface area contributed by atoms with Gasteiger partial charge >= 0.3 is 0 Å². The van der Waals surface area contributed by atoms with Gasteiger partial charge < -0.3 is 4.74 Å². The molecule has 0 amide bonds. The Labute approximate surface area is 138 Å². The molecule has 0 saturated carbocycles. The van der Waals surface area contributed by atoms with Crippen molar-refractivity contribution in [2.45, 2.75) is 19.8 Å². The molecule has 1 rings (SSSR count). The van der Waals surface area contributed by atoms with Gasteiger partial charge in [0.15, 0.2) is 0 Å². The van der Waals surface area contributed by atoms with E-state index in [-0.39, 0.29) is 98.1 Å². The quantitative estimate of drug-likeness (QED) is 0.597. The fourth-order valence-corrected chi connectivity index (χ4v) is 0.578. The van der Waals surface area contributed by atoms with Crippen LogP contribution in [-0.2, 0) is 103 Å². The summed E-state index contributed by atoms with van der Waals surface area (Å²) in [6.07, 6.45) is 4.03. The van der Waals surface area contributed by atoms with Crippen LogP contribution in [0.5, 0.6) is 0 Å². The van der Waals surface area contributed by atoms with Crippen molar-refractivity contribution in [1.29, 1.82) is 0 Å². The number of allylic oxidation sites excluding steroid dienone is 1. The molecule has 1 heterocycles. The van der Waals surface area contributed by atoms with Crippen LogP contribution in [0.15, 0.2) is 11.8 Å². The number of hydrogen-bond donors (Lipinski definition) is 0. The molecule has 1 nitrogen and oxygen atoms in total. The minimum Gasteiger partial charge on any atom is -0.667 e. The topological polar surface area (TPSA) is 9.23 Å². The van der Waals surface area contributed by atoms with Gasteiger partial charge in [-0.3, -0.25) is 0 Å². The van der Waals surface area contributed by atoms with E-state index in [4.69, 9.17) is 4.74 Å². The van der Waals surface area contributed by atoms with E-state index >= 15 is 0 Å². The van der Waals surface area contributed by atoms with Crippen LogP contribution in [0, 0.1) is 6.61 Å². The van der Waals surface area contributed by atoms with Crippen LogP contribution in [0.25, 0.3) is 0 Å². The number of ether oxygens (including phenoxy) is 1. The van der Waals surface area contributed by atoms with Gasteiger partial charge in [-0.15, -0.1) is 6.42 Å². The molecule has 0 aromatic rings. The summed E-state index contributed by atoms with van der Waals surface area (Å²) < 4.78 is 4.89. The molecule has 0 aromatic carbocycles. The Morgan fingerprint density at radius 1 is 1.40 bits per heavy atom. The van der Waals surface area contributed by atoms with Gasteiger partial charge in [-0.25, -0.2) is 0 Å². The predicted molar refractivity (Wildman–Crippen MR) is 28.4 cm³/mol. The first-order valence-electron chi connectivity index (χ1n) is 2.52. The van der Waals surface area contributed by atoms with Gasteiger partial charge in [0.05, 0.1) is 0 Å². The molecular weight excluding hydrogens is 355 g/mol. The molecule has 0 bridgehead atoms. The van der Waals surface area contributed by atoms with E-state index < -0.39 is 0 Å². The van der Waals surface area contributed by atoms with Crippen molar-refractivity contribution < 1.29 is 103 Å². The summed E-state index contributed by atoms with van der Waals surface area (Å²) >= 11 is 0. The Morgan fingerprint density at radius 2 is 2.00 bits per heavy atom. The second kappa shape index (κ2) is 11.9. The summed E-state index contributed by atoms with van der Waals surface area (Å²) in [6.45, 7) is 3.90. The summed E-state index contributed by atoms with van der Waals surface area (Å²) in [5.74, 6) is 0. The second-order valence-electron chi connectivity index (χ2n) is 1.81. The standard InChI is InChI=1S/C6H9O.3Y/c1-6-3-2-4-7-5-6;;;/h4-5H,2-3H2,1H3;;;/q-1;;;. The maximum atomic E-state index is 4.89. The van der Waals surface area contributed by atoms with E-state index in [2.05, 4.69) is 6.92 Å². The molecule has 0 aliphatic carbocycles. The van der Waals surface area contributed by atoms with Crippen LogP contribution in [0.4, 0.5) is 0 Å². The van der Waals surface area contributed by atoms with Crippen LogP contribution >= 0.6 is 0 Å². The van der Waals surface area contributed by atoms with Gasteiger partial charge in [0.1, 0.15) is 0 Å². The van der Waals surface area contributed by atoms with Crippen LogP contribution < -0.4 is 0 Å². The first-order valence-corrected chi connectivity index (χ1v) is 2.52. The molecule has 0 fully saturated rings. The first kappa shape index (κ1) is 18.6. The SMILES string of the molecule is CC1=CO[CH-]CC1.[Y].[Y].[Y]. The number of hydrogen-bond acceptors (Lipinski definition) is 1. The van der Waals surface area contributed by atoms with Gasteiger partial charge in [0, 0.05) is 104 Å². The average Bonchev–Trinajstić information content (AvgIpc) is 1.69. The van der Waals surface area contributed by atoms with Crippen molar-refractivity contribution in [3.05, 3.63) is 18.4 Å². The van der Waals surface area contributed by atoms with E-state index in [9.17, 15) is 0 Å². The largest absolute Gasteiger partial charge is 0.667 e. The molecule has 0 aromatic heterocycles. The molecule has 3 radical (unpaired) electrons. The second-order valence-corrected chi connectivity index (χ2v) is 1.81. The van der Waals surface area contributed by atoms with Gasteiger partial charge in [0.25, 0.3) is 0 Å². The Kier molecular flexibility index (Phi) is 22.0. The summed E-state index contributed by atoms with van der Waals surface area (Å²) in [6, 6.07) is 0. The Hall–Kier alpha value is 2.85. The Bertz CT molecular complexity index is 93.0. The fourth-order valence-electron chi connectivity index (χ4n) is 0.578. The third-order valence-corrected chi connectivity index (χ3v) is 1.02. The zero-order valence-electron chi connectivity index (χ0n) is 6.21. The van der Waals surface area contributed by atoms with Crippen LogP contribution in [0.2, 0.25) is 0 Å². The van der Waals surface area contributed by atoms with Crippen molar-refractivity contribution in [3.8, 4) is 0 Å². The molecule has 1 aliphatic rings. The minimum absolute atomic E-state index is 0. The summed E-state index contributed by atoms with van der Waals surface area (Å²) in [4.78, 5) is 0. The average molecular weight is 364 g/mol. The Balaban J connectivity index is -0.000000163. The van der Waals surface area contributed by atoms with Gasteiger partial charge in [-0.1, -0.05) is 6.42 Å². The molecule has 0 saturated heterocycles. The molecule has 10 heavy (non-hydrogen) atoms. The van der Waals surface area contributed by atoms with E-state index in [0.29, 0.717) is 0 Å². The normalized spacial score (nSPS) is 14.3. The van der Waals surface area contributed by atoms with Crippen LogP contribution in [0.1, 0.15) is 19.8 Å². The molecule has 0 atom stereocenters. The van der Waals surface area contributed by atoms with Crippen molar-refractivity contribution in [3.63, 3.8) is 0 Å². The first-order chi connectivity index (χ1) is 3.39. The van der Waals surface area contributed by atoms with E-state index in [0.717, 1.165) is 6.42 Å². The zero-order valence-corrected chi connectivity index (χ0v) is 14.7.